The molecule has 1 aliphatic heterocycles. The molecule has 6 heteroatoms. The third kappa shape index (κ3) is 2.00. The minimum Gasteiger partial charge on any atom is -0.399 e. The molecule has 2 aromatic heterocycles. The first-order valence-corrected chi connectivity index (χ1v) is 6.01. The van der Waals surface area contributed by atoms with Crippen molar-refractivity contribution >= 4 is 16.7 Å². The maximum atomic E-state index is 5.48. The third-order valence-electron chi connectivity index (χ3n) is 3.07. The van der Waals surface area contributed by atoms with Gasteiger partial charge >= 0.3 is 0 Å². The van der Waals surface area contributed by atoms with Gasteiger partial charge in [-0.05, 0) is 6.08 Å². The Balaban J connectivity index is 2.15. The van der Waals surface area contributed by atoms with Gasteiger partial charge in [0.05, 0.1) is 36.1 Å². The van der Waals surface area contributed by atoms with Crippen LogP contribution in [0.3, 0.4) is 0 Å². The summed E-state index contributed by atoms with van der Waals surface area (Å²) in [5.41, 5.74) is 4.41. The topological polar surface area (TPSA) is 72.4 Å². The van der Waals surface area contributed by atoms with Crippen LogP contribution in [0.4, 0.5) is 0 Å². The van der Waals surface area contributed by atoms with Crippen LogP contribution in [-0.2, 0) is 22.6 Å². The number of H-pyrrole nitrogens is 1. The summed E-state index contributed by atoms with van der Waals surface area (Å²) in [6.45, 7) is 4.97. The normalized spacial score (nSPS) is 15.3. The number of aromatic amines is 1. The van der Waals surface area contributed by atoms with E-state index in [2.05, 4.69) is 26.7 Å². The van der Waals surface area contributed by atoms with E-state index in [0.29, 0.717) is 24.7 Å². The van der Waals surface area contributed by atoms with Crippen molar-refractivity contribution in [1.29, 1.82) is 0 Å². The summed E-state index contributed by atoms with van der Waals surface area (Å²) in [6.07, 6.45) is 4.22. The van der Waals surface area contributed by atoms with E-state index in [9.17, 15) is 0 Å². The van der Waals surface area contributed by atoms with Crippen molar-refractivity contribution in [3.63, 3.8) is 0 Å². The molecule has 6 nitrogen and oxygen atoms in total. The lowest BCUT2D eigenvalue weighted by molar-refractivity contribution is 0.110. The molecule has 2 aromatic rings. The van der Waals surface area contributed by atoms with Gasteiger partial charge in [-0.25, -0.2) is 4.98 Å². The molecular formula is C13H14N4O2. The number of nitrogens with one attached hydrogen (secondary N) is 1. The number of ether oxygens (including phenoxy) is 1. The lowest BCUT2D eigenvalue weighted by Gasteiger charge is -2.14. The van der Waals surface area contributed by atoms with E-state index in [-0.39, 0.29) is 0 Å². The first-order chi connectivity index (χ1) is 9.33. The Morgan fingerprint density at radius 1 is 1.63 bits per heavy atom. The molecule has 0 aliphatic carbocycles. The molecule has 3 heterocycles. The van der Waals surface area contributed by atoms with Crippen molar-refractivity contribution in [3.8, 4) is 0 Å². The Morgan fingerprint density at radius 3 is 3.32 bits per heavy atom. The summed E-state index contributed by atoms with van der Waals surface area (Å²) < 4.78 is 5.48. The second-order valence-electron chi connectivity index (χ2n) is 4.20. The fraction of sp³-hybridized carbons (Fsp3) is 0.308. The van der Waals surface area contributed by atoms with Crippen LogP contribution in [0.15, 0.2) is 24.0 Å². The molecule has 1 N–H and O–H groups in total. The maximum Gasteiger partial charge on any atom is 0.160 e. The molecule has 19 heavy (non-hydrogen) atoms. The van der Waals surface area contributed by atoms with Gasteiger partial charge in [0.15, 0.2) is 5.82 Å². The Morgan fingerprint density at radius 2 is 2.53 bits per heavy atom. The van der Waals surface area contributed by atoms with E-state index < -0.39 is 0 Å². The van der Waals surface area contributed by atoms with Crippen LogP contribution < -0.4 is 0 Å². The fourth-order valence-corrected chi connectivity index (χ4v) is 2.17. The van der Waals surface area contributed by atoms with Crippen LogP contribution >= 0.6 is 0 Å². The van der Waals surface area contributed by atoms with Gasteiger partial charge in [-0.15, -0.1) is 0 Å². The summed E-state index contributed by atoms with van der Waals surface area (Å²) in [5, 5.41) is 3.87. The number of hydrogen-bond donors (Lipinski definition) is 1. The molecule has 3 rings (SSSR count). The number of rotatable bonds is 3. The average molecular weight is 258 g/mol. The van der Waals surface area contributed by atoms with Gasteiger partial charge in [-0.1, -0.05) is 11.7 Å². The lowest BCUT2D eigenvalue weighted by atomic mass is 10.1. The van der Waals surface area contributed by atoms with Crippen LogP contribution in [-0.4, -0.2) is 34.4 Å². The molecule has 0 fully saturated rings. The van der Waals surface area contributed by atoms with Crippen molar-refractivity contribution in [1.82, 2.24) is 15.0 Å². The number of nitrogens with zero attached hydrogens (tertiary/aromatic N) is 3. The monoisotopic (exact) mass is 258 g/mol. The number of fused-ring (bicyclic) bond motifs is 3. The summed E-state index contributed by atoms with van der Waals surface area (Å²) in [4.78, 5) is 16.9. The minimum absolute atomic E-state index is 0.550. The fourth-order valence-electron chi connectivity index (χ4n) is 2.17. The molecule has 1 aliphatic rings. The van der Waals surface area contributed by atoms with Crippen LogP contribution in [0.5, 0.6) is 0 Å². The van der Waals surface area contributed by atoms with Crippen LogP contribution in [0.1, 0.15) is 17.1 Å². The number of aromatic nitrogens is 3. The maximum absolute atomic E-state index is 5.48. The van der Waals surface area contributed by atoms with E-state index in [1.807, 2.05) is 0 Å². The Labute approximate surface area is 110 Å². The lowest BCUT2D eigenvalue weighted by Crippen LogP contribution is -2.12. The molecule has 0 spiro atoms. The smallest absolute Gasteiger partial charge is 0.160 e. The number of hydrogen-bond acceptors (Lipinski definition) is 5. The molecule has 0 saturated heterocycles. The predicted molar refractivity (Wildman–Crippen MR) is 71.0 cm³/mol. The molecule has 0 aromatic carbocycles. The highest BCUT2D eigenvalue weighted by Crippen LogP contribution is 2.23. The standard InChI is InChI=1S/C13H14N4O2/c1-3-9(17-18-2)13-15-11-6-14-10-4-5-19-7-8(10)12(11)16-13/h3,6H,1,4-5,7H2,2H3,(H,15,16)/b17-9+. The zero-order chi connectivity index (χ0) is 13.2. The summed E-state index contributed by atoms with van der Waals surface area (Å²) >= 11 is 0. The van der Waals surface area contributed by atoms with Crippen molar-refractivity contribution in [2.24, 2.45) is 5.16 Å². The van der Waals surface area contributed by atoms with Gasteiger partial charge in [-0.3, -0.25) is 4.98 Å². The van der Waals surface area contributed by atoms with Crippen molar-refractivity contribution in [2.75, 3.05) is 13.7 Å². The number of allylic oxidation sites excluding steroid dienone is 1. The summed E-state index contributed by atoms with van der Waals surface area (Å²) in [6, 6.07) is 0. The van der Waals surface area contributed by atoms with Gasteiger partial charge in [0, 0.05) is 12.0 Å². The van der Waals surface area contributed by atoms with Crippen molar-refractivity contribution in [2.45, 2.75) is 13.0 Å². The zero-order valence-electron chi connectivity index (χ0n) is 10.6. The molecule has 0 radical (unpaired) electrons. The third-order valence-corrected chi connectivity index (χ3v) is 3.07. The molecule has 0 bridgehead atoms. The van der Waals surface area contributed by atoms with Crippen LogP contribution in [0, 0.1) is 0 Å². The first-order valence-electron chi connectivity index (χ1n) is 6.01. The molecule has 98 valence electrons. The van der Waals surface area contributed by atoms with Crippen molar-refractivity contribution in [3.05, 3.63) is 35.9 Å². The van der Waals surface area contributed by atoms with Crippen LogP contribution in [0.2, 0.25) is 0 Å². The minimum atomic E-state index is 0.550. The molecule has 0 atom stereocenters. The Kier molecular flexibility index (Phi) is 3.00. The van der Waals surface area contributed by atoms with Crippen molar-refractivity contribution < 1.29 is 9.57 Å². The molecule has 0 unspecified atom stereocenters. The number of imidazole rings is 1. The predicted octanol–water partition coefficient (Wildman–Crippen LogP) is 1.57. The van der Waals surface area contributed by atoms with E-state index in [1.54, 1.807) is 12.3 Å². The summed E-state index contributed by atoms with van der Waals surface area (Å²) in [5.74, 6) is 0.618. The van der Waals surface area contributed by atoms with Gasteiger partial charge in [-0.2, -0.15) is 0 Å². The van der Waals surface area contributed by atoms with E-state index in [0.717, 1.165) is 28.7 Å². The van der Waals surface area contributed by atoms with E-state index in [1.165, 1.54) is 7.11 Å². The first kappa shape index (κ1) is 11.9. The Hall–Kier alpha value is -2.21. The van der Waals surface area contributed by atoms with Crippen LogP contribution in [0.25, 0.3) is 11.0 Å². The number of pyridine rings is 1. The second kappa shape index (κ2) is 4.81. The number of oxime groups is 1. The quantitative estimate of drug-likeness (QED) is 0.670. The highest BCUT2D eigenvalue weighted by Gasteiger charge is 2.18. The van der Waals surface area contributed by atoms with Gasteiger partial charge in [0.1, 0.15) is 12.8 Å². The highest BCUT2D eigenvalue weighted by atomic mass is 16.6. The van der Waals surface area contributed by atoms with Gasteiger partial charge in [0.25, 0.3) is 0 Å². The average Bonchev–Trinajstić information content (AvgIpc) is 2.89. The SMILES string of the molecule is C=C/C(=N\OC)c1nc2c3c(ncc2[nH]1)CCOC3. The molecular weight excluding hydrogens is 244 g/mol. The van der Waals surface area contributed by atoms with Gasteiger partial charge < -0.3 is 14.6 Å². The molecule has 0 amide bonds. The largest absolute Gasteiger partial charge is 0.399 e. The molecule has 0 saturated carbocycles. The second-order valence-corrected chi connectivity index (χ2v) is 4.20. The zero-order valence-corrected chi connectivity index (χ0v) is 10.6. The Bertz CT molecular complexity index is 660. The highest BCUT2D eigenvalue weighted by molar-refractivity contribution is 6.07. The summed E-state index contributed by atoms with van der Waals surface area (Å²) in [7, 11) is 1.49. The van der Waals surface area contributed by atoms with Gasteiger partial charge in [0.2, 0.25) is 0 Å². The van der Waals surface area contributed by atoms with E-state index in [4.69, 9.17) is 9.57 Å². The van der Waals surface area contributed by atoms with E-state index >= 15 is 0 Å².